The number of rotatable bonds is 6. The highest BCUT2D eigenvalue weighted by Crippen LogP contribution is 2.17. The van der Waals surface area contributed by atoms with Crippen molar-refractivity contribution in [2.24, 2.45) is 5.92 Å². The van der Waals surface area contributed by atoms with E-state index in [1.807, 2.05) is 13.8 Å². The van der Waals surface area contributed by atoms with Crippen molar-refractivity contribution in [3.05, 3.63) is 34.6 Å². The Hall–Kier alpha value is -1.13. The van der Waals surface area contributed by atoms with Crippen molar-refractivity contribution in [1.29, 1.82) is 0 Å². The summed E-state index contributed by atoms with van der Waals surface area (Å²) >= 11 is 5.87. The molecule has 0 aliphatic carbocycles. The number of benzene rings is 1. The third-order valence-corrected chi connectivity index (χ3v) is 2.91. The van der Waals surface area contributed by atoms with Crippen LogP contribution in [-0.2, 0) is 11.3 Å². The van der Waals surface area contributed by atoms with Gasteiger partial charge in [0, 0.05) is 11.6 Å². The molecule has 0 bridgehead atoms. The van der Waals surface area contributed by atoms with Crippen molar-refractivity contribution in [1.82, 2.24) is 5.32 Å². The van der Waals surface area contributed by atoms with Crippen molar-refractivity contribution in [3.63, 3.8) is 0 Å². The highest BCUT2D eigenvalue weighted by molar-refractivity contribution is 6.31. The first-order valence-corrected chi connectivity index (χ1v) is 6.18. The summed E-state index contributed by atoms with van der Waals surface area (Å²) in [4.78, 5) is 11.0. The minimum absolute atomic E-state index is 0.280. The first-order valence-electron chi connectivity index (χ1n) is 5.80. The summed E-state index contributed by atoms with van der Waals surface area (Å²) in [5, 5.41) is 12.3. The Morgan fingerprint density at radius 2 is 2.17 bits per heavy atom. The topological polar surface area (TPSA) is 49.3 Å². The lowest BCUT2D eigenvalue weighted by Crippen LogP contribution is -2.37. The molecule has 0 amide bonds. The average Bonchev–Trinajstić information content (AvgIpc) is 2.25. The predicted molar refractivity (Wildman–Crippen MR) is 69.1 cm³/mol. The molecular formula is C13H17ClFNO2. The molecule has 0 saturated carbocycles. The zero-order chi connectivity index (χ0) is 13.7. The van der Waals surface area contributed by atoms with Crippen LogP contribution in [0.25, 0.3) is 0 Å². The molecule has 0 aliphatic heterocycles. The maximum atomic E-state index is 12.8. The lowest BCUT2D eigenvalue weighted by Gasteiger charge is -2.16. The van der Waals surface area contributed by atoms with E-state index in [1.165, 1.54) is 12.1 Å². The summed E-state index contributed by atoms with van der Waals surface area (Å²) in [5.74, 6) is -1.01. The van der Waals surface area contributed by atoms with Crippen molar-refractivity contribution in [2.45, 2.75) is 32.9 Å². The Kier molecular flexibility index (Phi) is 5.56. The smallest absolute Gasteiger partial charge is 0.320 e. The summed E-state index contributed by atoms with van der Waals surface area (Å²) in [6.07, 6.45) is 0.536. The third-order valence-electron chi connectivity index (χ3n) is 2.56. The van der Waals surface area contributed by atoms with Crippen LogP contribution in [0.2, 0.25) is 5.02 Å². The van der Waals surface area contributed by atoms with Crippen molar-refractivity contribution in [3.8, 4) is 0 Å². The Bertz CT molecular complexity index is 423. The standard InChI is InChI=1S/C13H17ClFNO2/c1-8(2)5-12(13(17)18)16-7-9-3-4-10(15)6-11(9)14/h3-4,6,8,12,16H,5,7H2,1-2H3,(H,17,18)/t12-/m1/s1. The van der Waals surface area contributed by atoms with Crippen LogP contribution >= 0.6 is 11.6 Å². The molecule has 0 heterocycles. The minimum Gasteiger partial charge on any atom is -0.480 e. The molecule has 0 unspecified atom stereocenters. The molecule has 0 saturated heterocycles. The summed E-state index contributed by atoms with van der Waals surface area (Å²) in [6, 6.07) is 3.46. The number of halogens is 2. The molecule has 0 aromatic heterocycles. The van der Waals surface area contributed by atoms with E-state index in [2.05, 4.69) is 5.32 Å². The van der Waals surface area contributed by atoms with Gasteiger partial charge in [0.15, 0.2) is 0 Å². The molecule has 1 atom stereocenters. The van der Waals surface area contributed by atoms with Gasteiger partial charge in [-0.25, -0.2) is 4.39 Å². The predicted octanol–water partition coefficient (Wildman–Crippen LogP) is 3.07. The molecule has 0 fully saturated rings. The number of carboxylic acids is 1. The molecule has 3 nitrogen and oxygen atoms in total. The van der Waals surface area contributed by atoms with E-state index in [0.717, 1.165) is 0 Å². The minimum atomic E-state index is -0.887. The Balaban J connectivity index is 2.64. The monoisotopic (exact) mass is 273 g/mol. The van der Waals surface area contributed by atoms with Gasteiger partial charge in [-0.1, -0.05) is 31.5 Å². The Morgan fingerprint density at radius 1 is 1.50 bits per heavy atom. The van der Waals surface area contributed by atoms with E-state index in [4.69, 9.17) is 16.7 Å². The summed E-state index contributed by atoms with van der Waals surface area (Å²) in [7, 11) is 0. The second-order valence-corrected chi connectivity index (χ2v) is 5.04. The Morgan fingerprint density at radius 3 is 2.67 bits per heavy atom. The van der Waals surface area contributed by atoms with E-state index >= 15 is 0 Å². The summed E-state index contributed by atoms with van der Waals surface area (Å²) in [6.45, 7) is 4.23. The fraction of sp³-hybridized carbons (Fsp3) is 0.462. The molecule has 2 N–H and O–H groups in total. The second kappa shape index (κ2) is 6.71. The van der Waals surface area contributed by atoms with Gasteiger partial charge in [-0.05, 0) is 30.0 Å². The first-order chi connectivity index (χ1) is 8.40. The fourth-order valence-corrected chi connectivity index (χ4v) is 1.88. The van der Waals surface area contributed by atoms with E-state index < -0.39 is 17.8 Å². The molecule has 1 aromatic carbocycles. The molecule has 0 aliphatic rings. The van der Waals surface area contributed by atoms with E-state index in [-0.39, 0.29) is 5.92 Å². The van der Waals surface area contributed by atoms with Crippen LogP contribution in [0.15, 0.2) is 18.2 Å². The van der Waals surface area contributed by atoms with Gasteiger partial charge in [-0.3, -0.25) is 4.79 Å². The van der Waals surface area contributed by atoms with Crippen LogP contribution in [0.5, 0.6) is 0 Å². The highest BCUT2D eigenvalue weighted by Gasteiger charge is 2.18. The van der Waals surface area contributed by atoms with Gasteiger partial charge in [0.05, 0.1) is 0 Å². The van der Waals surface area contributed by atoms with Gasteiger partial charge in [-0.15, -0.1) is 0 Å². The Labute approximate surface area is 111 Å². The maximum absolute atomic E-state index is 12.8. The first kappa shape index (κ1) is 14.9. The summed E-state index contributed by atoms with van der Waals surface area (Å²) in [5.41, 5.74) is 0.688. The number of carboxylic acid groups (broad SMARTS) is 1. The molecule has 1 aromatic rings. The second-order valence-electron chi connectivity index (χ2n) is 4.64. The molecule has 100 valence electrons. The van der Waals surface area contributed by atoms with Gasteiger partial charge in [0.25, 0.3) is 0 Å². The molecule has 18 heavy (non-hydrogen) atoms. The molecule has 5 heteroatoms. The zero-order valence-electron chi connectivity index (χ0n) is 10.4. The van der Waals surface area contributed by atoms with Gasteiger partial charge >= 0.3 is 5.97 Å². The van der Waals surface area contributed by atoms with E-state index in [9.17, 15) is 9.18 Å². The fourth-order valence-electron chi connectivity index (χ4n) is 1.64. The van der Waals surface area contributed by atoms with Crippen molar-refractivity contribution < 1.29 is 14.3 Å². The van der Waals surface area contributed by atoms with Crippen molar-refractivity contribution >= 4 is 17.6 Å². The molecule has 1 rings (SSSR count). The highest BCUT2D eigenvalue weighted by atomic mass is 35.5. The number of nitrogens with one attached hydrogen (secondary N) is 1. The molecular weight excluding hydrogens is 257 g/mol. The number of hydrogen-bond donors (Lipinski definition) is 2. The number of aliphatic carboxylic acids is 1. The quantitative estimate of drug-likeness (QED) is 0.837. The third kappa shape index (κ3) is 4.63. The van der Waals surface area contributed by atoms with Gasteiger partial charge in [0.1, 0.15) is 11.9 Å². The average molecular weight is 274 g/mol. The summed E-state index contributed by atoms with van der Waals surface area (Å²) < 4.78 is 12.8. The number of hydrogen-bond acceptors (Lipinski definition) is 2. The van der Waals surface area contributed by atoms with Crippen molar-refractivity contribution in [2.75, 3.05) is 0 Å². The molecule has 0 radical (unpaired) electrons. The van der Waals surface area contributed by atoms with E-state index in [0.29, 0.717) is 23.6 Å². The SMILES string of the molecule is CC(C)C[C@@H](NCc1ccc(F)cc1Cl)C(=O)O. The largest absolute Gasteiger partial charge is 0.480 e. The van der Waals surface area contributed by atoms with Crippen LogP contribution < -0.4 is 5.32 Å². The van der Waals surface area contributed by atoms with Gasteiger partial charge in [0.2, 0.25) is 0 Å². The van der Waals surface area contributed by atoms with Gasteiger partial charge < -0.3 is 10.4 Å². The van der Waals surface area contributed by atoms with E-state index in [1.54, 1.807) is 6.07 Å². The van der Waals surface area contributed by atoms with Crippen LogP contribution in [0.1, 0.15) is 25.8 Å². The molecule has 0 spiro atoms. The number of carbonyl (C=O) groups is 1. The normalized spacial score (nSPS) is 12.7. The van der Waals surface area contributed by atoms with Crippen LogP contribution in [0, 0.1) is 11.7 Å². The maximum Gasteiger partial charge on any atom is 0.320 e. The van der Waals surface area contributed by atoms with Crippen LogP contribution in [0.3, 0.4) is 0 Å². The van der Waals surface area contributed by atoms with Gasteiger partial charge in [-0.2, -0.15) is 0 Å². The lowest BCUT2D eigenvalue weighted by atomic mass is 10.0. The van der Waals surface area contributed by atoms with Crippen LogP contribution in [-0.4, -0.2) is 17.1 Å². The van der Waals surface area contributed by atoms with Crippen LogP contribution in [0.4, 0.5) is 4.39 Å². The lowest BCUT2D eigenvalue weighted by molar-refractivity contribution is -0.140. The zero-order valence-corrected chi connectivity index (χ0v) is 11.2.